The Morgan fingerprint density at radius 1 is 1.27 bits per heavy atom. The van der Waals surface area contributed by atoms with Crippen LogP contribution in [0.1, 0.15) is 38.2 Å². The molecule has 2 aliphatic heterocycles. The first-order valence-corrected chi connectivity index (χ1v) is 11.7. The molecule has 0 bridgehead atoms. The Bertz CT molecular complexity index is 998. The summed E-state index contributed by atoms with van der Waals surface area (Å²) in [6.45, 7) is 2.82. The van der Waals surface area contributed by atoms with E-state index in [0.717, 1.165) is 30.4 Å². The number of halogens is 2. The number of ether oxygens (including phenoxy) is 2. The Hall–Kier alpha value is -2.22. The fraction of sp³-hybridized carbons (Fsp3) is 0.440. The zero-order chi connectivity index (χ0) is 23.4. The van der Waals surface area contributed by atoms with Gasteiger partial charge in [0.15, 0.2) is 6.29 Å². The van der Waals surface area contributed by atoms with E-state index in [9.17, 15) is 14.0 Å². The summed E-state index contributed by atoms with van der Waals surface area (Å²) in [6.07, 6.45) is 4.42. The van der Waals surface area contributed by atoms with Crippen LogP contribution in [0, 0.1) is 11.2 Å². The molecule has 1 radical (unpaired) electrons. The van der Waals surface area contributed by atoms with Gasteiger partial charge in [0.1, 0.15) is 12.0 Å². The minimum atomic E-state index is -0.727. The number of benzene rings is 2. The average Bonchev–Trinajstić information content (AvgIpc) is 3.05. The van der Waals surface area contributed by atoms with Gasteiger partial charge in [-0.1, -0.05) is 35.9 Å². The first-order valence-electron chi connectivity index (χ1n) is 11.3. The smallest absolute Gasteiger partial charge is 0.331 e. The highest BCUT2D eigenvalue weighted by atomic mass is 35.5. The first kappa shape index (κ1) is 23.9. The number of nitrogens with zero attached hydrogens (tertiary/aromatic N) is 1. The standard InChI is InChI=1S/C25H27BClFNO4/c1-25(15-33-23-4-2-3-11-32-23)14-20(29(24(25)31)26-16-30)12-17-5-7-18(8-6-17)21-13-19(27)9-10-22(21)28/h5-10,13,16,20,23H,2-4,11-12,14-15H2,1H3/t20-,23?,25+/m1/s1. The van der Waals surface area contributed by atoms with E-state index in [1.807, 2.05) is 31.2 Å². The number of rotatable bonds is 8. The topological polar surface area (TPSA) is 55.8 Å². The zero-order valence-electron chi connectivity index (χ0n) is 18.6. The summed E-state index contributed by atoms with van der Waals surface area (Å²) in [5, 5.41) is 0.472. The normalized spacial score (nSPS) is 25.3. The fourth-order valence-electron chi connectivity index (χ4n) is 4.66. The highest BCUT2D eigenvalue weighted by Crippen LogP contribution is 2.38. The Kier molecular flexibility index (Phi) is 7.52. The maximum absolute atomic E-state index is 14.2. The van der Waals surface area contributed by atoms with E-state index in [-0.39, 0.29) is 30.7 Å². The molecule has 0 aromatic heterocycles. The molecular formula is C25H27BClFNO4. The van der Waals surface area contributed by atoms with E-state index < -0.39 is 5.41 Å². The van der Waals surface area contributed by atoms with E-state index in [0.29, 0.717) is 36.2 Å². The summed E-state index contributed by atoms with van der Waals surface area (Å²) in [7, 11) is 1.31. The van der Waals surface area contributed by atoms with E-state index in [4.69, 9.17) is 21.1 Å². The summed E-state index contributed by atoms with van der Waals surface area (Å²) >= 11 is 6.02. The third kappa shape index (κ3) is 5.48. The van der Waals surface area contributed by atoms with Crippen LogP contribution < -0.4 is 0 Å². The summed E-state index contributed by atoms with van der Waals surface area (Å²) in [5.41, 5.74) is 1.43. The van der Waals surface area contributed by atoms with Gasteiger partial charge in [-0.3, -0.25) is 4.79 Å². The van der Waals surface area contributed by atoms with Gasteiger partial charge in [-0.05, 0) is 68.4 Å². The van der Waals surface area contributed by atoms with Crippen molar-refractivity contribution in [2.24, 2.45) is 5.41 Å². The number of amides is 1. The minimum absolute atomic E-state index is 0.118. The second-order valence-electron chi connectivity index (χ2n) is 9.05. The van der Waals surface area contributed by atoms with Crippen molar-refractivity contribution in [3.8, 4) is 11.1 Å². The molecule has 33 heavy (non-hydrogen) atoms. The van der Waals surface area contributed by atoms with Crippen molar-refractivity contribution in [2.45, 2.75) is 51.4 Å². The average molecular weight is 471 g/mol. The Balaban J connectivity index is 1.46. The van der Waals surface area contributed by atoms with Crippen molar-refractivity contribution >= 4 is 31.1 Å². The van der Waals surface area contributed by atoms with Crippen molar-refractivity contribution in [1.29, 1.82) is 0 Å². The molecule has 3 atom stereocenters. The quantitative estimate of drug-likeness (QED) is 0.416. The molecule has 0 N–H and O–H groups in total. The largest absolute Gasteiger partial charge is 0.379 e. The predicted octanol–water partition coefficient (Wildman–Crippen LogP) is 4.65. The van der Waals surface area contributed by atoms with Gasteiger partial charge in [-0.25, -0.2) is 4.39 Å². The number of carbonyl (C=O) groups excluding carboxylic acids is 2. The molecule has 0 saturated carbocycles. The van der Waals surface area contributed by atoms with Crippen LogP contribution in [0.2, 0.25) is 5.02 Å². The molecule has 2 aromatic carbocycles. The van der Waals surface area contributed by atoms with Crippen LogP contribution in [0.3, 0.4) is 0 Å². The summed E-state index contributed by atoms with van der Waals surface area (Å²) in [4.78, 5) is 25.9. The molecule has 4 rings (SSSR count). The number of hydrogen-bond donors (Lipinski definition) is 0. The molecular weight excluding hydrogens is 444 g/mol. The van der Waals surface area contributed by atoms with Gasteiger partial charge >= 0.3 is 7.41 Å². The van der Waals surface area contributed by atoms with Gasteiger partial charge in [0, 0.05) is 23.2 Å². The van der Waals surface area contributed by atoms with Crippen LogP contribution in [0.4, 0.5) is 4.39 Å². The molecule has 2 aliphatic rings. The highest BCUT2D eigenvalue weighted by Gasteiger charge is 2.48. The fourth-order valence-corrected chi connectivity index (χ4v) is 4.83. The lowest BCUT2D eigenvalue weighted by atomic mass is 9.86. The van der Waals surface area contributed by atoms with E-state index >= 15 is 0 Å². The second kappa shape index (κ2) is 10.4. The SMILES string of the molecule is C[C@@]1(COC2CCCCO2)C[C@@H](Cc2ccc(-c3cc(Cl)ccc3F)cc2)N([B]C=O)C1=O. The number of carbonyl (C=O) groups is 2. The van der Waals surface area contributed by atoms with Crippen molar-refractivity contribution in [3.05, 3.63) is 58.9 Å². The highest BCUT2D eigenvalue weighted by molar-refractivity contribution is 6.66. The lowest BCUT2D eigenvalue weighted by Crippen LogP contribution is -2.42. The van der Waals surface area contributed by atoms with E-state index in [1.165, 1.54) is 24.4 Å². The van der Waals surface area contributed by atoms with Gasteiger partial charge in [0.25, 0.3) is 0 Å². The minimum Gasteiger partial charge on any atom is -0.379 e. The van der Waals surface area contributed by atoms with Crippen molar-refractivity contribution in [3.63, 3.8) is 0 Å². The van der Waals surface area contributed by atoms with Crippen molar-refractivity contribution in [1.82, 2.24) is 4.81 Å². The maximum Gasteiger partial charge on any atom is 0.331 e. The van der Waals surface area contributed by atoms with Gasteiger partial charge in [-0.2, -0.15) is 0 Å². The Labute approximate surface area is 199 Å². The van der Waals surface area contributed by atoms with Crippen LogP contribution in [0.25, 0.3) is 11.1 Å². The first-order chi connectivity index (χ1) is 15.9. The van der Waals surface area contributed by atoms with Gasteiger partial charge < -0.3 is 19.1 Å². The molecule has 2 heterocycles. The molecule has 2 aromatic rings. The Morgan fingerprint density at radius 3 is 2.76 bits per heavy atom. The van der Waals surface area contributed by atoms with Crippen LogP contribution in [-0.2, 0) is 25.5 Å². The summed E-state index contributed by atoms with van der Waals surface area (Å²) in [5.74, 6) is -0.453. The lowest BCUT2D eigenvalue weighted by Gasteiger charge is -2.28. The number of hydrogen-bond acceptors (Lipinski definition) is 4. The molecule has 8 heteroatoms. The van der Waals surface area contributed by atoms with Crippen LogP contribution in [0.15, 0.2) is 42.5 Å². The summed E-state index contributed by atoms with van der Waals surface area (Å²) < 4.78 is 25.8. The van der Waals surface area contributed by atoms with Gasteiger partial charge in [-0.15, -0.1) is 0 Å². The molecule has 2 saturated heterocycles. The molecule has 5 nitrogen and oxygen atoms in total. The molecule has 173 valence electrons. The molecule has 1 unspecified atom stereocenters. The third-order valence-electron chi connectivity index (χ3n) is 6.44. The lowest BCUT2D eigenvalue weighted by molar-refractivity contribution is -0.179. The summed E-state index contributed by atoms with van der Waals surface area (Å²) in [6, 6.07) is 11.8. The zero-order valence-corrected chi connectivity index (χ0v) is 19.4. The molecule has 2 fully saturated rings. The second-order valence-corrected chi connectivity index (χ2v) is 9.48. The van der Waals surface area contributed by atoms with E-state index in [1.54, 1.807) is 6.07 Å². The van der Waals surface area contributed by atoms with Crippen LogP contribution in [-0.4, -0.2) is 49.9 Å². The Morgan fingerprint density at radius 2 is 2.06 bits per heavy atom. The van der Waals surface area contributed by atoms with Gasteiger partial charge in [0.2, 0.25) is 5.91 Å². The van der Waals surface area contributed by atoms with Crippen molar-refractivity contribution in [2.75, 3.05) is 13.2 Å². The molecule has 0 spiro atoms. The van der Waals surface area contributed by atoms with E-state index in [2.05, 4.69) is 0 Å². The third-order valence-corrected chi connectivity index (χ3v) is 6.68. The molecule has 0 aliphatic carbocycles. The van der Waals surface area contributed by atoms with Crippen LogP contribution >= 0.6 is 11.6 Å². The molecule has 1 amide bonds. The maximum atomic E-state index is 14.2. The predicted molar refractivity (Wildman–Crippen MR) is 126 cm³/mol. The van der Waals surface area contributed by atoms with Crippen molar-refractivity contribution < 1.29 is 23.5 Å². The van der Waals surface area contributed by atoms with Gasteiger partial charge in [0.05, 0.1) is 12.0 Å². The van der Waals surface area contributed by atoms with Crippen LogP contribution in [0.5, 0.6) is 0 Å². The monoisotopic (exact) mass is 470 g/mol.